The number of urea groups is 1. The van der Waals surface area contributed by atoms with E-state index in [4.69, 9.17) is 23.2 Å². The van der Waals surface area contributed by atoms with E-state index in [1.165, 1.54) is 6.07 Å². The molecule has 0 saturated carbocycles. The molecule has 3 rings (SSSR count). The largest absolute Gasteiger partial charge is 0.366 e. The number of rotatable bonds is 2. The van der Waals surface area contributed by atoms with Crippen molar-refractivity contribution in [3.63, 3.8) is 0 Å². The normalized spacial score (nSPS) is 14.6. The summed E-state index contributed by atoms with van der Waals surface area (Å²) in [4.78, 5) is 16.0. The van der Waals surface area contributed by atoms with Crippen LogP contribution in [-0.4, -0.2) is 37.1 Å². The van der Waals surface area contributed by atoms with E-state index in [2.05, 4.69) is 5.32 Å². The van der Waals surface area contributed by atoms with Crippen molar-refractivity contribution in [3.05, 3.63) is 58.3 Å². The molecule has 2 aromatic rings. The fraction of sp³-hybridized carbons (Fsp3) is 0.235. The lowest BCUT2D eigenvalue weighted by Gasteiger charge is -2.36. The van der Waals surface area contributed by atoms with E-state index < -0.39 is 0 Å². The standard InChI is InChI=1S/C17H16Cl2FN3O/c18-13-6-5-12(11-14(13)19)21-17(24)23-9-7-22(8-10-23)16-4-2-1-3-15(16)20/h1-6,11H,7-10H2,(H,21,24). The minimum absolute atomic E-state index is 0.207. The third-order valence-electron chi connectivity index (χ3n) is 3.93. The molecular formula is C17H16Cl2FN3O. The molecule has 0 radical (unpaired) electrons. The van der Waals surface area contributed by atoms with E-state index in [1.807, 2.05) is 11.0 Å². The van der Waals surface area contributed by atoms with Crippen LogP contribution in [0.4, 0.5) is 20.6 Å². The monoisotopic (exact) mass is 367 g/mol. The van der Waals surface area contributed by atoms with Gasteiger partial charge in [-0.25, -0.2) is 9.18 Å². The average molecular weight is 368 g/mol. The van der Waals surface area contributed by atoms with Crippen molar-refractivity contribution < 1.29 is 9.18 Å². The van der Waals surface area contributed by atoms with Crippen LogP contribution in [0.3, 0.4) is 0 Å². The van der Waals surface area contributed by atoms with Crippen molar-refractivity contribution in [2.75, 3.05) is 36.4 Å². The van der Waals surface area contributed by atoms with E-state index >= 15 is 0 Å². The number of amides is 2. The summed E-state index contributed by atoms with van der Waals surface area (Å²) in [5, 5.41) is 3.62. The molecular weight excluding hydrogens is 352 g/mol. The van der Waals surface area contributed by atoms with Crippen LogP contribution in [0.15, 0.2) is 42.5 Å². The smallest absolute Gasteiger partial charge is 0.321 e. The second-order valence-corrected chi connectivity index (χ2v) is 6.30. The molecule has 0 spiro atoms. The molecule has 1 fully saturated rings. The van der Waals surface area contributed by atoms with Crippen LogP contribution in [0.25, 0.3) is 0 Å². The number of halogens is 3. The van der Waals surface area contributed by atoms with Gasteiger partial charge in [0.15, 0.2) is 0 Å². The van der Waals surface area contributed by atoms with Gasteiger partial charge in [-0.15, -0.1) is 0 Å². The highest BCUT2D eigenvalue weighted by atomic mass is 35.5. The van der Waals surface area contributed by atoms with Gasteiger partial charge in [-0.3, -0.25) is 0 Å². The Bertz CT molecular complexity index is 748. The number of anilines is 2. The Balaban J connectivity index is 1.59. The fourth-order valence-corrected chi connectivity index (χ4v) is 2.93. The van der Waals surface area contributed by atoms with Gasteiger partial charge in [-0.2, -0.15) is 0 Å². The molecule has 0 aromatic heterocycles. The van der Waals surface area contributed by atoms with Crippen LogP contribution < -0.4 is 10.2 Å². The van der Waals surface area contributed by atoms with Gasteiger partial charge in [0.05, 0.1) is 15.7 Å². The minimum Gasteiger partial charge on any atom is -0.366 e. The second-order valence-electron chi connectivity index (χ2n) is 5.48. The third kappa shape index (κ3) is 3.74. The Morgan fingerprint density at radius 3 is 2.38 bits per heavy atom. The molecule has 0 aliphatic carbocycles. The van der Waals surface area contributed by atoms with Crippen LogP contribution in [0, 0.1) is 5.82 Å². The maximum atomic E-state index is 13.8. The van der Waals surface area contributed by atoms with Gasteiger partial charge >= 0.3 is 6.03 Å². The zero-order valence-corrected chi connectivity index (χ0v) is 14.3. The Hall–Kier alpha value is -1.98. The lowest BCUT2D eigenvalue weighted by Crippen LogP contribution is -2.50. The molecule has 2 aromatic carbocycles. The molecule has 2 amide bonds. The number of carbonyl (C=O) groups is 1. The van der Waals surface area contributed by atoms with Crippen LogP contribution >= 0.6 is 23.2 Å². The molecule has 7 heteroatoms. The van der Waals surface area contributed by atoms with Crippen molar-refractivity contribution >= 4 is 40.6 Å². The van der Waals surface area contributed by atoms with Crippen LogP contribution in [0.5, 0.6) is 0 Å². The van der Waals surface area contributed by atoms with Crippen LogP contribution in [0.2, 0.25) is 10.0 Å². The topological polar surface area (TPSA) is 35.6 Å². The van der Waals surface area contributed by atoms with Crippen LogP contribution in [0.1, 0.15) is 0 Å². The summed E-state index contributed by atoms with van der Waals surface area (Å²) in [5.41, 5.74) is 1.16. The summed E-state index contributed by atoms with van der Waals surface area (Å²) in [6, 6.07) is 11.4. The SMILES string of the molecule is O=C(Nc1ccc(Cl)c(Cl)c1)N1CCN(c2ccccc2F)CC1. The molecule has 24 heavy (non-hydrogen) atoms. The maximum absolute atomic E-state index is 13.8. The minimum atomic E-state index is -0.244. The number of carbonyl (C=O) groups excluding carboxylic acids is 1. The molecule has 126 valence electrons. The third-order valence-corrected chi connectivity index (χ3v) is 4.67. The van der Waals surface area contributed by atoms with Gasteiger partial charge in [0.25, 0.3) is 0 Å². The maximum Gasteiger partial charge on any atom is 0.321 e. The van der Waals surface area contributed by atoms with E-state index in [-0.39, 0.29) is 11.8 Å². The van der Waals surface area contributed by atoms with Gasteiger partial charge in [-0.1, -0.05) is 35.3 Å². The van der Waals surface area contributed by atoms with Crippen molar-refractivity contribution in [1.29, 1.82) is 0 Å². The zero-order valence-electron chi connectivity index (χ0n) is 12.8. The first-order chi connectivity index (χ1) is 11.5. The highest BCUT2D eigenvalue weighted by Crippen LogP contribution is 2.25. The van der Waals surface area contributed by atoms with Crippen molar-refractivity contribution in [1.82, 2.24) is 4.90 Å². The van der Waals surface area contributed by atoms with Gasteiger partial charge in [0, 0.05) is 31.9 Å². The summed E-state index contributed by atoms with van der Waals surface area (Å²) < 4.78 is 13.8. The molecule has 4 nitrogen and oxygen atoms in total. The summed E-state index contributed by atoms with van der Waals surface area (Å²) in [6.07, 6.45) is 0. The first kappa shape index (κ1) is 16.9. The van der Waals surface area contributed by atoms with Gasteiger partial charge in [0.2, 0.25) is 0 Å². The van der Waals surface area contributed by atoms with E-state index in [9.17, 15) is 9.18 Å². The number of piperazine rings is 1. The quantitative estimate of drug-likeness (QED) is 0.848. The Morgan fingerprint density at radius 1 is 1.00 bits per heavy atom. The number of nitrogens with zero attached hydrogens (tertiary/aromatic N) is 2. The second kappa shape index (κ2) is 7.28. The lowest BCUT2D eigenvalue weighted by atomic mass is 10.2. The summed E-state index contributed by atoms with van der Waals surface area (Å²) in [5.74, 6) is -0.244. The molecule has 0 atom stereocenters. The Kier molecular flexibility index (Phi) is 5.11. The van der Waals surface area contributed by atoms with E-state index in [0.717, 1.165) is 0 Å². The summed E-state index contributed by atoms with van der Waals surface area (Å²) in [6.45, 7) is 2.19. The van der Waals surface area contributed by atoms with Gasteiger partial charge in [0.1, 0.15) is 5.82 Å². The number of hydrogen-bond donors (Lipinski definition) is 1. The first-order valence-corrected chi connectivity index (χ1v) is 8.30. The molecule has 1 saturated heterocycles. The Labute approximate surface area is 149 Å². The molecule has 0 unspecified atom stereocenters. The van der Waals surface area contributed by atoms with Gasteiger partial charge < -0.3 is 15.1 Å². The predicted octanol–water partition coefficient (Wildman–Crippen LogP) is 4.49. The number of benzene rings is 2. The molecule has 0 bridgehead atoms. The molecule has 1 heterocycles. The zero-order chi connectivity index (χ0) is 17.1. The fourth-order valence-electron chi connectivity index (χ4n) is 2.64. The van der Waals surface area contributed by atoms with Crippen molar-refractivity contribution in [2.45, 2.75) is 0 Å². The highest BCUT2D eigenvalue weighted by Gasteiger charge is 2.22. The van der Waals surface area contributed by atoms with Crippen molar-refractivity contribution in [3.8, 4) is 0 Å². The average Bonchev–Trinajstić information content (AvgIpc) is 2.59. The van der Waals surface area contributed by atoms with Crippen LogP contribution in [-0.2, 0) is 0 Å². The van der Waals surface area contributed by atoms with E-state index in [0.29, 0.717) is 47.6 Å². The molecule has 1 aliphatic rings. The molecule has 1 N–H and O–H groups in total. The molecule has 1 aliphatic heterocycles. The lowest BCUT2D eigenvalue weighted by molar-refractivity contribution is 0.208. The number of nitrogens with one attached hydrogen (secondary N) is 1. The van der Waals surface area contributed by atoms with Crippen molar-refractivity contribution in [2.24, 2.45) is 0 Å². The summed E-state index contributed by atoms with van der Waals surface area (Å²) in [7, 11) is 0. The van der Waals surface area contributed by atoms with Gasteiger partial charge in [-0.05, 0) is 30.3 Å². The Morgan fingerprint density at radius 2 is 1.71 bits per heavy atom. The first-order valence-electron chi connectivity index (χ1n) is 7.55. The number of hydrogen-bond acceptors (Lipinski definition) is 2. The van der Waals surface area contributed by atoms with E-state index in [1.54, 1.807) is 35.2 Å². The number of para-hydroxylation sites is 1. The highest BCUT2D eigenvalue weighted by molar-refractivity contribution is 6.42. The predicted molar refractivity (Wildman–Crippen MR) is 95.7 cm³/mol. The summed E-state index contributed by atoms with van der Waals surface area (Å²) >= 11 is 11.8.